The highest BCUT2D eigenvalue weighted by molar-refractivity contribution is 5.88. The maximum Gasteiger partial charge on any atom is 0.335 e. The summed E-state index contributed by atoms with van der Waals surface area (Å²) < 4.78 is 27.1. The van der Waals surface area contributed by atoms with Crippen molar-refractivity contribution in [2.24, 2.45) is 5.92 Å². The highest BCUT2D eigenvalue weighted by atomic mass is 16.5. The van der Waals surface area contributed by atoms with Gasteiger partial charge in [-0.15, -0.1) is 0 Å². The van der Waals surface area contributed by atoms with Crippen LogP contribution in [-0.2, 0) is 52.5 Å². The summed E-state index contributed by atoms with van der Waals surface area (Å²) in [5, 5.41) is 38.9. The topological polar surface area (TPSA) is 292 Å². The molecule has 1 aromatic rings. The number of unbranched alkanes of at least 4 members (excludes halogenated alkanes) is 6. The first-order valence-electron chi connectivity index (χ1n) is 24.0. The Hall–Kier alpha value is -5.02. The molecular formula is C48H78N4O16. The third-order valence-corrected chi connectivity index (χ3v) is 10.7. The van der Waals surface area contributed by atoms with Gasteiger partial charge in [-0.1, -0.05) is 45.4 Å². The third kappa shape index (κ3) is 32.6. The zero-order chi connectivity index (χ0) is 50.2. The number of hydrogen-bond acceptors (Lipinski definition) is 14. The van der Waals surface area contributed by atoms with Gasteiger partial charge in [-0.25, -0.2) is 9.59 Å². The van der Waals surface area contributed by atoms with E-state index in [9.17, 15) is 48.6 Å². The lowest BCUT2D eigenvalue weighted by Crippen LogP contribution is -2.41. The Morgan fingerprint density at radius 3 is 1.76 bits per heavy atom. The number of likely N-dealkylation sites (N-methyl/N-ethyl adjacent to an activating group) is 1. The molecule has 0 aliphatic carbocycles. The van der Waals surface area contributed by atoms with E-state index >= 15 is 0 Å². The Morgan fingerprint density at radius 1 is 0.529 bits per heavy atom. The number of ketones is 2. The number of carbonyl (C=O) groups is 8. The average Bonchev–Trinajstić information content (AvgIpc) is 3.31. The summed E-state index contributed by atoms with van der Waals surface area (Å²) in [6, 6.07) is 4.86. The van der Waals surface area contributed by atoms with Crippen LogP contribution in [0.15, 0.2) is 24.3 Å². The Morgan fingerprint density at radius 2 is 1.15 bits per heavy atom. The van der Waals surface area contributed by atoms with E-state index in [1.807, 2.05) is 6.92 Å². The first-order valence-corrected chi connectivity index (χ1v) is 24.0. The summed E-state index contributed by atoms with van der Waals surface area (Å²) in [4.78, 5) is 95.3. The molecule has 20 heteroatoms. The summed E-state index contributed by atoms with van der Waals surface area (Å²) in [6.07, 6.45) is 9.68. The van der Waals surface area contributed by atoms with Gasteiger partial charge in [-0.2, -0.15) is 0 Å². The largest absolute Gasteiger partial charge is 0.494 e. The van der Waals surface area contributed by atoms with Crippen molar-refractivity contribution < 1.29 is 77.4 Å². The number of aromatic carboxylic acids is 1. The van der Waals surface area contributed by atoms with Crippen LogP contribution in [0.2, 0.25) is 0 Å². The lowest BCUT2D eigenvalue weighted by Gasteiger charge is -2.16. The molecule has 68 heavy (non-hydrogen) atoms. The van der Waals surface area contributed by atoms with Gasteiger partial charge in [0.2, 0.25) is 17.7 Å². The minimum Gasteiger partial charge on any atom is -0.494 e. The van der Waals surface area contributed by atoms with Gasteiger partial charge in [-0.3, -0.25) is 28.8 Å². The molecular weight excluding hydrogens is 889 g/mol. The number of aliphatic carboxylic acids is 2. The van der Waals surface area contributed by atoms with Gasteiger partial charge in [0.25, 0.3) is 0 Å². The normalized spacial score (nSPS) is 12.4. The lowest BCUT2D eigenvalue weighted by atomic mass is 9.93. The van der Waals surface area contributed by atoms with E-state index in [0.29, 0.717) is 57.4 Å². The fourth-order valence-corrected chi connectivity index (χ4v) is 6.82. The summed E-state index contributed by atoms with van der Waals surface area (Å²) in [6.45, 7) is 4.12. The van der Waals surface area contributed by atoms with Gasteiger partial charge in [0.05, 0.1) is 57.2 Å². The average molecular weight is 967 g/mol. The molecule has 3 amide bonds. The van der Waals surface area contributed by atoms with Crippen LogP contribution in [0.25, 0.3) is 0 Å². The summed E-state index contributed by atoms with van der Waals surface area (Å²) in [7, 11) is 1.73. The van der Waals surface area contributed by atoms with Crippen LogP contribution >= 0.6 is 0 Å². The number of benzene rings is 1. The molecule has 0 aliphatic rings. The Labute approximate surface area is 400 Å². The molecule has 0 saturated carbocycles. The number of rotatable bonds is 46. The Kier molecular flexibility index (Phi) is 35.8. The second-order valence-corrected chi connectivity index (χ2v) is 16.4. The number of Topliss-reactive ketones (excluding diaryl/α,β-unsaturated/α-hetero) is 2. The van der Waals surface area contributed by atoms with Crippen LogP contribution in [0.5, 0.6) is 5.75 Å². The predicted octanol–water partition coefficient (Wildman–Crippen LogP) is 4.10. The second kappa shape index (κ2) is 39.9. The van der Waals surface area contributed by atoms with Crippen molar-refractivity contribution in [1.29, 1.82) is 0 Å². The molecule has 1 rings (SSSR count). The maximum atomic E-state index is 12.3. The van der Waals surface area contributed by atoms with Crippen LogP contribution in [0.4, 0.5) is 0 Å². The number of carboxylic acid groups (broad SMARTS) is 3. The molecule has 1 aromatic carbocycles. The predicted molar refractivity (Wildman–Crippen MR) is 251 cm³/mol. The van der Waals surface area contributed by atoms with Gasteiger partial charge in [0, 0.05) is 45.4 Å². The van der Waals surface area contributed by atoms with E-state index in [1.165, 1.54) is 12.1 Å². The number of hydrogen-bond donors (Lipinski definition) is 7. The lowest BCUT2D eigenvalue weighted by molar-refractivity contribution is -0.143. The summed E-state index contributed by atoms with van der Waals surface area (Å²) in [5.74, 6) is -4.18. The maximum absolute atomic E-state index is 12.3. The van der Waals surface area contributed by atoms with Crippen molar-refractivity contribution in [1.82, 2.24) is 21.3 Å². The van der Waals surface area contributed by atoms with Gasteiger partial charge < -0.3 is 60.3 Å². The molecule has 0 spiro atoms. The van der Waals surface area contributed by atoms with Crippen LogP contribution < -0.4 is 26.0 Å². The Balaban J connectivity index is 1.96. The quantitative estimate of drug-likeness (QED) is 0.0453. The van der Waals surface area contributed by atoms with Gasteiger partial charge >= 0.3 is 17.9 Å². The monoisotopic (exact) mass is 967 g/mol. The molecule has 20 nitrogen and oxygen atoms in total. The molecule has 0 aromatic heterocycles. The molecule has 0 fully saturated rings. The minimum atomic E-state index is -1.19. The first-order chi connectivity index (χ1) is 32.8. The number of amides is 3. The van der Waals surface area contributed by atoms with E-state index in [2.05, 4.69) is 21.3 Å². The molecule has 0 unspecified atom stereocenters. The fraction of sp³-hybridized carbons (Fsp3) is 0.708. The van der Waals surface area contributed by atoms with Gasteiger partial charge in [0.15, 0.2) is 0 Å². The zero-order valence-electron chi connectivity index (χ0n) is 40.2. The van der Waals surface area contributed by atoms with E-state index in [1.54, 1.807) is 19.2 Å². The third-order valence-electron chi connectivity index (χ3n) is 10.7. The van der Waals surface area contributed by atoms with Crippen molar-refractivity contribution in [2.45, 2.75) is 135 Å². The SMILES string of the molecule is CCC[C@H](NC)C(=O)CC[C@@H](CCCCNC(=O)COCCOCCNC(=O)COCCOCCCC(=O)CC[C@H](NC(=O)CCCCCCCCOc1ccc(C(=O)O)cc1)C(=O)O)C(=O)O. The molecule has 0 radical (unpaired) electrons. The fourth-order valence-electron chi connectivity index (χ4n) is 6.82. The van der Waals surface area contributed by atoms with Crippen molar-refractivity contribution in [3.8, 4) is 5.75 Å². The molecule has 386 valence electrons. The molecule has 0 bridgehead atoms. The highest BCUT2D eigenvalue weighted by Crippen LogP contribution is 2.17. The number of carboxylic acids is 3. The summed E-state index contributed by atoms with van der Waals surface area (Å²) in [5.41, 5.74) is 0.203. The van der Waals surface area contributed by atoms with Crippen LogP contribution in [0, 0.1) is 5.92 Å². The van der Waals surface area contributed by atoms with Gasteiger partial charge in [-0.05, 0) is 82.7 Å². The van der Waals surface area contributed by atoms with Gasteiger partial charge in [0.1, 0.15) is 36.6 Å². The zero-order valence-corrected chi connectivity index (χ0v) is 40.2. The van der Waals surface area contributed by atoms with E-state index < -0.39 is 29.9 Å². The van der Waals surface area contributed by atoms with Crippen molar-refractivity contribution in [3.63, 3.8) is 0 Å². The second-order valence-electron chi connectivity index (χ2n) is 16.4. The van der Waals surface area contributed by atoms with E-state index in [4.69, 9.17) is 28.8 Å². The molecule has 7 N–H and O–H groups in total. The van der Waals surface area contributed by atoms with E-state index in [-0.39, 0.29) is 132 Å². The van der Waals surface area contributed by atoms with Crippen LogP contribution in [-0.4, -0.2) is 154 Å². The summed E-state index contributed by atoms with van der Waals surface area (Å²) >= 11 is 0. The molecule has 0 aliphatic heterocycles. The smallest absolute Gasteiger partial charge is 0.335 e. The van der Waals surface area contributed by atoms with Crippen molar-refractivity contribution in [3.05, 3.63) is 29.8 Å². The van der Waals surface area contributed by atoms with Crippen LogP contribution in [0.1, 0.15) is 133 Å². The van der Waals surface area contributed by atoms with Crippen molar-refractivity contribution >= 4 is 47.2 Å². The molecule has 0 saturated heterocycles. The Bertz CT molecular complexity index is 1610. The highest BCUT2D eigenvalue weighted by Gasteiger charge is 2.22. The number of nitrogens with one attached hydrogen (secondary N) is 4. The molecule has 0 heterocycles. The van der Waals surface area contributed by atoms with E-state index in [0.717, 1.165) is 44.9 Å². The molecule has 3 atom stereocenters. The van der Waals surface area contributed by atoms with Crippen LogP contribution in [0.3, 0.4) is 0 Å². The minimum absolute atomic E-state index is 0.00255. The standard InChI is InChI=1S/C48H78N4O16/c1-3-13-40(49-2)42(54)24-19-36(46(58)59)14-9-10-25-50-44(56)34-67-33-31-65-29-26-51-45(57)35-66-32-30-64-27-12-15-38(53)20-23-41(48(62)63)52-43(55)16-8-6-4-5-7-11-28-68-39-21-17-37(18-22-39)47(60)61/h17-18,21-22,36,40-41,49H,3-16,19-20,23-35H2,1-2H3,(H,50,56)(H,51,57)(H,52,55)(H,58,59)(H,60,61)(H,62,63)/t36-,40+,41+/m1/s1. The van der Waals surface area contributed by atoms with Crippen molar-refractivity contribution in [2.75, 3.05) is 79.6 Å². The first kappa shape index (κ1) is 61.0. The number of ether oxygens (including phenoxy) is 5. The number of carbonyl (C=O) groups excluding carboxylic acids is 5.